The number of hydrogen-bond acceptors (Lipinski definition) is 4. The molecule has 0 unspecified atom stereocenters. The molecule has 2 aromatic heterocycles. The van der Waals surface area contributed by atoms with Gasteiger partial charge in [0.05, 0.1) is 16.9 Å². The molecule has 0 atom stereocenters. The van der Waals surface area contributed by atoms with Gasteiger partial charge in [-0.1, -0.05) is 78.1 Å². The molecule has 2 heterocycles. The van der Waals surface area contributed by atoms with Crippen molar-refractivity contribution in [3.63, 3.8) is 0 Å². The summed E-state index contributed by atoms with van der Waals surface area (Å²) in [5, 5.41) is 11.8. The SMILES string of the molecule is Bc1ccc2[nH]cc(-c3nc4c5ccccc5c5ccc(N(CSN)c6ccccc6)cc5c4[nH]3)c2c1. The number of imidazole rings is 1. The lowest BCUT2D eigenvalue weighted by Gasteiger charge is -2.24. The van der Waals surface area contributed by atoms with Gasteiger partial charge in [-0.3, -0.25) is 5.14 Å². The van der Waals surface area contributed by atoms with Gasteiger partial charge in [-0.05, 0) is 41.1 Å². The van der Waals surface area contributed by atoms with E-state index in [9.17, 15) is 0 Å². The summed E-state index contributed by atoms with van der Waals surface area (Å²) in [5.41, 5.74) is 7.63. The molecule has 0 radical (unpaired) electrons. The van der Waals surface area contributed by atoms with Crippen molar-refractivity contribution in [1.29, 1.82) is 0 Å². The topological polar surface area (TPSA) is 73.7 Å². The second-order valence-electron chi connectivity index (χ2n) is 9.40. The Hall–Kier alpha value is -4.20. The van der Waals surface area contributed by atoms with E-state index in [1.165, 1.54) is 33.6 Å². The van der Waals surface area contributed by atoms with E-state index in [0.29, 0.717) is 5.88 Å². The number of fused-ring (bicyclic) bond motifs is 7. The molecule has 5 aromatic carbocycles. The van der Waals surface area contributed by atoms with Crippen LogP contribution in [-0.2, 0) is 0 Å². The van der Waals surface area contributed by atoms with Crippen LogP contribution in [0.1, 0.15) is 0 Å². The molecule has 37 heavy (non-hydrogen) atoms. The number of aromatic amines is 2. The molecule has 0 aliphatic heterocycles. The number of hydrogen-bond donors (Lipinski definition) is 3. The third kappa shape index (κ3) is 3.58. The molecule has 5 nitrogen and oxygen atoms in total. The van der Waals surface area contributed by atoms with E-state index >= 15 is 0 Å². The Morgan fingerprint density at radius 1 is 0.784 bits per heavy atom. The lowest BCUT2D eigenvalue weighted by atomic mass is 9.94. The van der Waals surface area contributed by atoms with Crippen molar-refractivity contribution in [1.82, 2.24) is 15.0 Å². The Morgan fingerprint density at radius 2 is 1.57 bits per heavy atom. The van der Waals surface area contributed by atoms with Crippen molar-refractivity contribution in [3.8, 4) is 11.4 Å². The van der Waals surface area contributed by atoms with E-state index < -0.39 is 0 Å². The predicted octanol–water partition coefficient (Wildman–Crippen LogP) is 5.98. The second kappa shape index (κ2) is 8.73. The monoisotopic (exact) mass is 497 g/mol. The fourth-order valence-electron chi connectivity index (χ4n) is 5.37. The molecule has 7 heteroatoms. The number of aromatic nitrogens is 3. The first-order valence-corrected chi connectivity index (χ1v) is 13.3. The highest BCUT2D eigenvalue weighted by Gasteiger charge is 2.18. The van der Waals surface area contributed by atoms with Crippen molar-refractivity contribution in [2.24, 2.45) is 5.14 Å². The van der Waals surface area contributed by atoms with Crippen LogP contribution in [0.15, 0.2) is 97.2 Å². The zero-order valence-corrected chi connectivity index (χ0v) is 21.1. The number of nitrogens with one attached hydrogen (secondary N) is 2. The van der Waals surface area contributed by atoms with E-state index in [2.05, 4.69) is 108 Å². The minimum Gasteiger partial charge on any atom is -0.360 e. The van der Waals surface area contributed by atoms with Crippen LogP contribution in [0.3, 0.4) is 0 Å². The fourth-order valence-corrected chi connectivity index (χ4v) is 5.82. The highest BCUT2D eigenvalue weighted by molar-refractivity contribution is 7.97. The van der Waals surface area contributed by atoms with Gasteiger partial charge in [0.1, 0.15) is 13.7 Å². The van der Waals surface area contributed by atoms with Crippen molar-refractivity contribution in [2.75, 3.05) is 10.8 Å². The molecule has 0 saturated carbocycles. The van der Waals surface area contributed by atoms with Crippen LogP contribution in [0.25, 0.3) is 54.9 Å². The molecule has 7 aromatic rings. The average Bonchev–Trinajstić information content (AvgIpc) is 3.57. The largest absolute Gasteiger partial charge is 0.360 e. The van der Waals surface area contributed by atoms with Crippen molar-refractivity contribution in [2.45, 2.75) is 0 Å². The maximum absolute atomic E-state index is 5.95. The third-order valence-electron chi connectivity index (χ3n) is 7.12. The Balaban J connectivity index is 1.51. The van der Waals surface area contributed by atoms with Gasteiger partial charge in [-0.25, -0.2) is 4.98 Å². The molecule has 0 bridgehead atoms. The Bertz CT molecular complexity index is 1930. The summed E-state index contributed by atoms with van der Waals surface area (Å²) in [6, 6.07) is 32.0. The van der Waals surface area contributed by atoms with Gasteiger partial charge >= 0.3 is 0 Å². The lowest BCUT2D eigenvalue weighted by molar-refractivity contribution is 1.17. The first-order valence-electron chi connectivity index (χ1n) is 12.3. The molecular weight excluding hydrogens is 473 g/mol. The van der Waals surface area contributed by atoms with E-state index in [1.807, 2.05) is 12.3 Å². The number of H-pyrrole nitrogens is 2. The molecule has 7 rings (SSSR count). The Labute approximate surface area is 219 Å². The average molecular weight is 497 g/mol. The zero-order chi connectivity index (χ0) is 24.9. The quantitative estimate of drug-likeness (QED) is 0.118. The van der Waals surface area contributed by atoms with Crippen LogP contribution in [0.5, 0.6) is 0 Å². The van der Waals surface area contributed by atoms with Gasteiger partial charge in [0.15, 0.2) is 0 Å². The van der Waals surface area contributed by atoms with Crippen LogP contribution in [0, 0.1) is 0 Å². The van der Waals surface area contributed by atoms with Gasteiger partial charge in [0, 0.05) is 44.8 Å². The van der Waals surface area contributed by atoms with E-state index in [4.69, 9.17) is 10.1 Å². The summed E-state index contributed by atoms with van der Waals surface area (Å²) < 4.78 is 0. The summed E-state index contributed by atoms with van der Waals surface area (Å²) in [5.74, 6) is 1.52. The van der Waals surface area contributed by atoms with Crippen LogP contribution < -0.4 is 15.5 Å². The molecule has 178 valence electrons. The predicted molar refractivity (Wildman–Crippen MR) is 162 cm³/mol. The minimum atomic E-state index is 0.648. The van der Waals surface area contributed by atoms with E-state index in [-0.39, 0.29) is 0 Å². The van der Waals surface area contributed by atoms with Gasteiger partial charge < -0.3 is 14.9 Å². The number of anilines is 2. The van der Waals surface area contributed by atoms with Gasteiger partial charge in [0.25, 0.3) is 0 Å². The lowest BCUT2D eigenvalue weighted by Crippen LogP contribution is -2.17. The highest BCUT2D eigenvalue weighted by Crippen LogP contribution is 2.39. The van der Waals surface area contributed by atoms with Gasteiger partial charge in [0.2, 0.25) is 0 Å². The minimum absolute atomic E-state index is 0.648. The molecular formula is C30H24BN5S. The highest BCUT2D eigenvalue weighted by atomic mass is 32.2. The zero-order valence-electron chi connectivity index (χ0n) is 20.3. The summed E-state index contributed by atoms with van der Waals surface area (Å²) >= 11 is 1.32. The number of rotatable bonds is 5. The van der Waals surface area contributed by atoms with E-state index in [1.54, 1.807) is 0 Å². The van der Waals surface area contributed by atoms with Crippen LogP contribution in [0.4, 0.5) is 11.4 Å². The molecule has 0 saturated heterocycles. The summed E-state index contributed by atoms with van der Waals surface area (Å²) in [6.45, 7) is 0. The molecule has 0 spiro atoms. The number of nitrogens with zero attached hydrogens (tertiary/aromatic N) is 2. The maximum Gasteiger partial charge on any atom is 0.140 e. The summed E-state index contributed by atoms with van der Waals surface area (Å²) in [6.07, 6.45) is 2.05. The molecule has 0 aliphatic carbocycles. The number of benzene rings is 5. The smallest absolute Gasteiger partial charge is 0.140 e. The van der Waals surface area contributed by atoms with Crippen LogP contribution in [0.2, 0.25) is 0 Å². The molecule has 0 amide bonds. The van der Waals surface area contributed by atoms with E-state index in [0.717, 1.165) is 50.1 Å². The second-order valence-corrected chi connectivity index (χ2v) is 9.99. The Morgan fingerprint density at radius 3 is 2.41 bits per heavy atom. The molecule has 0 fully saturated rings. The van der Waals surface area contributed by atoms with Crippen molar-refractivity contribution in [3.05, 3.63) is 97.2 Å². The maximum atomic E-state index is 5.95. The standard InChI is InChI=1S/C30H24BN5S/c31-18-10-13-27-24(14-18)26(16-33-27)30-34-28-23-9-5-4-8-21(23)22-12-11-20(15-25(22)29(28)35-30)36(17-37-32)19-6-2-1-3-7-19/h1-16,33H,17,31-32H2,(H,34,35). The van der Waals surface area contributed by atoms with Crippen molar-refractivity contribution < 1.29 is 0 Å². The Kier molecular flexibility index (Phi) is 5.20. The number of nitrogens with two attached hydrogens (primary N) is 1. The van der Waals surface area contributed by atoms with Crippen LogP contribution in [-0.4, -0.2) is 28.7 Å². The van der Waals surface area contributed by atoms with Crippen LogP contribution >= 0.6 is 11.9 Å². The fraction of sp³-hybridized carbons (Fsp3) is 0.0333. The van der Waals surface area contributed by atoms with Crippen molar-refractivity contribution >= 4 is 80.1 Å². The first-order chi connectivity index (χ1) is 18.2. The molecule has 0 aliphatic rings. The van der Waals surface area contributed by atoms with Gasteiger partial charge in [-0.2, -0.15) is 0 Å². The molecule has 4 N–H and O–H groups in total. The summed E-state index contributed by atoms with van der Waals surface area (Å²) in [4.78, 5) is 14.5. The first kappa shape index (κ1) is 22.0. The normalized spacial score (nSPS) is 11.7. The number of para-hydroxylation sites is 1. The third-order valence-corrected chi connectivity index (χ3v) is 7.53. The summed E-state index contributed by atoms with van der Waals surface area (Å²) in [7, 11) is 2.12. The van der Waals surface area contributed by atoms with Gasteiger partial charge in [-0.15, -0.1) is 0 Å².